The number of rotatable bonds is 7. The summed E-state index contributed by atoms with van der Waals surface area (Å²) < 4.78 is 15.7. The van der Waals surface area contributed by atoms with Crippen molar-refractivity contribution in [2.45, 2.75) is 12.5 Å². The third kappa shape index (κ3) is 5.20. The lowest BCUT2D eigenvalue weighted by Gasteiger charge is -2.30. The molecule has 1 aliphatic heterocycles. The van der Waals surface area contributed by atoms with Gasteiger partial charge < -0.3 is 24.1 Å². The fourth-order valence-electron chi connectivity index (χ4n) is 2.80. The normalized spacial score (nSPS) is 14.9. The Balaban J connectivity index is 1.58. The highest BCUT2D eigenvalue weighted by molar-refractivity contribution is 5.91. The Morgan fingerprint density at radius 2 is 1.82 bits per heavy atom. The van der Waals surface area contributed by atoms with E-state index >= 15 is 0 Å². The van der Waals surface area contributed by atoms with Crippen molar-refractivity contribution in [3.05, 3.63) is 60.1 Å². The maximum atomic E-state index is 12.9. The van der Waals surface area contributed by atoms with Crippen LogP contribution in [0.4, 0.5) is 0 Å². The number of hydrogen-bond donors (Lipinski definition) is 1. The summed E-state index contributed by atoms with van der Waals surface area (Å²) in [6, 6.07) is 12.0. The van der Waals surface area contributed by atoms with E-state index in [0.717, 1.165) is 0 Å². The van der Waals surface area contributed by atoms with E-state index in [9.17, 15) is 14.4 Å². The van der Waals surface area contributed by atoms with Crippen molar-refractivity contribution in [3.63, 3.8) is 0 Å². The van der Waals surface area contributed by atoms with Gasteiger partial charge in [0.15, 0.2) is 5.76 Å². The van der Waals surface area contributed by atoms with Crippen LogP contribution in [0.3, 0.4) is 0 Å². The van der Waals surface area contributed by atoms with Crippen molar-refractivity contribution in [1.29, 1.82) is 0 Å². The van der Waals surface area contributed by atoms with Gasteiger partial charge in [-0.25, -0.2) is 0 Å². The molecular formula is C20H22N2O6. The number of nitrogens with zero attached hydrogens (tertiary/aromatic N) is 1. The van der Waals surface area contributed by atoms with E-state index < -0.39 is 18.0 Å². The molecule has 0 aliphatic carbocycles. The molecule has 0 unspecified atom stereocenters. The van der Waals surface area contributed by atoms with Gasteiger partial charge in [-0.3, -0.25) is 14.4 Å². The molecule has 1 fully saturated rings. The monoisotopic (exact) mass is 386 g/mol. The number of esters is 1. The molecule has 1 saturated heterocycles. The lowest BCUT2D eigenvalue weighted by Crippen LogP contribution is -2.44. The molecule has 0 radical (unpaired) electrons. The fourth-order valence-corrected chi connectivity index (χ4v) is 2.80. The summed E-state index contributed by atoms with van der Waals surface area (Å²) in [6.45, 7) is 1.91. The molecule has 1 aromatic carbocycles. The Kier molecular flexibility index (Phi) is 6.80. The first-order valence-electron chi connectivity index (χ1n) is 9.08. The van der Waals surface area contributed by atoms with E-state index in [4.69, 9.17) is 13.9 Å². The molecular weight excluding hydrogens is 364 g/mol. The zero-order chi connectivity index (χ0) is 19.8. The van der Waals surface area contributed by atoms with E-state index in [1.165, 1.54) is 12.3 Å². The summed E-state index contributed by atoms with van der Waals surface area (Å²) >= 11 is 0. The van der Waals surface area contributed by atoms with Crippen molar-refractivity contribution in [3.8, 4) is 0 Å². The van der Waals surface area contributed by atoms with Crippen LogP contribution in [-0.4, -0.2) is 55.5 Å². The summed E-state index contributed by atoms with van der Waals surface area (Å²) in [5.41, 5.74) is 0.604. The largest absolute Gasteiger partial charge is 0.459 e. The fraction of sp³-hybridized carbons (Fsp3) is 0.350. The van der Waals surface area contributed by atoms with Gasteiger partial charge in [0.1, 0.15) is 0 Å². The van der Waals surface area contributed by atoms with Crippen LogP contribution in [0.1, 0.15) is 28.6 Å². The highest BCUT2D eigenvalue weighted by Gasteiger charge is 2.30. The minimum Gasteiger partial charge on any atom is -0.459 e. The number of furan rings is 1. The SMILES string of the molecule is O=C(CCNC(=O)c1ccco1)O[C@@H](C(=O)N1CCOCC1)c1ccccc1. The van der Waals surface area contributed by atoms with Crippen LogP contribution in [0.25, 0.3) is 0 Å². The van der Waals surface area contributed by atoms with Crippen molar-refractivity contribution in [2.24, 2.45) is 0 Å². The number of morpholine rings is 1. The Morgan fingerprint density at radius 1 is 1.07 bits per heavy atom. The number of carbonyl (C=O) groups excluding carboxylic acids is 3. The van der Waals surface area contributed by atoms with Crippen molar-refractivity contribution in [1.82, 2.24) is 10.2 Å². The lowest BCUT2D eigenvalue weighted by molar-refractivity contribution is -0.162. The predicted octanol–water partition coefficient (Wildman–Crippen LogP) is 1.54. The van der Waals surface area contributed by atoms with Crippen LogP contribution < -0.4 is 5.32 Å². The number of hydrogen-bond acceptors (Lipinski definition) is 6. The van der Waals surface area contributed by atoms with Crippen LogP contribution in [0, 0.1) is 0 Å². The molecule has 2 amide bonds. The Labute approximate surface area is 162 Å². The van der Waals surface area contributed by atoms with Gasteiger partial charge >= 0.3 is 5.97 Å². The first-order valence-corrected chi connectivity index (χ1v) is 9.08. The molecule has 1 atom stereocenters. The van der Waals surface area contributed by atoms with Crippen LogP contribution in [-0.2, 0) is 19.1 Å². The van der Waals surface area contributed by atoms with Gasteiger partial charge in [0.2, 0.25) is 6.10 Å². The molecule has 28 heavy (non-hydrogen) atoms. The van der Waals surface area contributed by atoms with Gasteiger partial charge in [-0.05, 0) is 12.1 Å². The number of benzene rings is 1. The molecule has 1 aliphatic rings. The molecule has 0 saturated carbocycles. The summed E-state index contributed by atoms with van der Waals surface area (Å²) in [4.78, 5) is 38.6. The highest BCUT2D eigenvalue weighted by Crippen LogP contribution is 2.21. The molecule has 148 valence electrons. The first kappa shape index (κ1) is 19.6. The van der Waals surface area contributed by atoms with E-state index in [1.54, 1.807) is 35.2 Å². The van der Waals surface area contributed by atoms with Crippen LogP contribution in [0.5, 0.6) is 0 Å². The minimum absolute atomic E-state index is 0.0633. The van der Waals surface area contributed by atoms with Gasteiger partial charge in [0.25, 0.3) is 11.8 Å². The standard InChI is InChI=1S/C20H22N2O6/c23-17(8-9-21-19(24)16-7-4-12-27-16)28-18(15-5-2-1-3-6-15)20(25)22-10-13-26-14-11-22/h1-7,12,18H,8-11,13-14H2,(H,21,24)/t18-/m1/s1. The van der Waals surface area contributed by atoms with Crippen molar-refractivity contribution in [2.75, 3.05) is 32.8 Å². The third-order valence-corrected chi connectivity index (χ3v) is 4.26. The molecule has 8 heteroatoms. The van der Waals surface area contributed by atoms with Crippen molar-refractivity contribution >= 4 is 17.8 Å². The maximum absolute atomic E-state index is 12.9. The molecule has 8 nitrogen and oxygen atoms in total. The Morgan fingerprint density at radius 3 is 2.50 bits per heavy atom. The Bertz CT molecular complexity index is 784. The third-order valence-electron chi connectivity index (χ3n) is 4.26. The number of ether oxygens (including phenoxy) is 2. The molecule has 2 aromatic rings. The molecule has 0 spiro atoms. The lowest BCUT2D eigenvalue weighted by atomic mass is 10.1. The second-order valence-electron chi connectivity index (χ2n) is 6.20. The molecule has 1 aromatic heterocycles. The van der Waals surface area contributed by atoms with Gasteiger partial charge in [0, 0.05) is 25.2 Å². The van der Waals surface area contributed by atoms with Gasteiger partial charge in [0.05, 0.1) is 25.9 Å². The predicted molar refractivity (Wildman–Crippen MR) is 98.3 cm³/mol. The number of carbonyl (C=O) groups is 3. The van der Waals surface area contributed by atoms with Crippen LogP contribution >= 0.6 is 0 Å². The summed E-state index contributed by atoms with van der Waals surface area (Å²) in [7, 11) is 0. The Hall–Kier alpha value is -3.13. The van der Waals surface area contributed by atoms with E-state index in [-0.39, 0.29) is 24.6 Å². The maximum Gasteiger partial charge on any atom is 0.308 e. The molecule has 0 bridgehead atoms. The minimum atomic E-state index is -1.02. The summed E-state index contributed by atoms with van der Waals surface area (Å²) in [5.74, 6) is -1.10. The summed E-state index contributed by atoms with van der Waals surface area (Å²) in [6.07, 6.45) is 0.310. The summed E-state index contributed by atoms with van der Waals surface area (Å²) in [5, 5.41) is 2.58. The van der Waals surface area contributed by atoms with Crippen molar-refractivity contribution < 1.29 is 28.3 Å². The van der Waals surface area contributed by atoms with E-state index in [1.807, 2.05) is 6.07 Å². The average molecular weight is 386 g/mol. The smallest absolute Gasteiger partial charge is 0.308 e. The first-order chi connectivity index (χ1) is 13.6. The van der Waals surface area contributed by atoms with Gasteiger partial charge in [-0.1, -0.05) is 30.3 Å². The topological polar surface area (TPSA) is 98.1 Å². The van der Waals surface area contributed by atoms with E-state index in [0.29, 0.717) is 31.9 Å². The van der Waals surface area contributed by atoms with E-state index in [2.05, 4.69) is 5.32 Å². The highest BCUT2D eigenvalue weighted by atomic mass is 16.5. The van der Waals surface area contributed by atoms with Gasteiger partial charge in [-0.15, -0.1) is 0 Å². The second-order valence-corrected chi connectivity index (χ2v) is 6.20. The number of nitrogens with one attached hydrogen (secondary N) is 1. The zero-order valence-electron chi connectivity index (χ0n) is 15.3. The second kappa shape index (κ2) is 9.70. The molecule has 1 N–H and O–H groups in total. The number of amides is 2. The zero-order valence-corrected chi connectivity index (χ0v) is 15.3. The van der Waals surface area contributed by atoms with Gasteiger partial charge in [-0.2, -0.15) is 0 Å². The molecule has 2 heterocycles. The van der Waals surface area contributed by atoms with Crippen LogP contribution in [0.2, 0.25) is 0 Å². The average Bonchev–Trinajstić information content (AvgIpc) is 3.28. The molecule has 3 rings (SSSR count). The quantitative estimate of drug-likeness (QED) is 0.725. The van der Waals surface area contributed by atoms with Crippen LogP contribution in [0.15, 0.2) is 53.1 Å².